The second-order valence-electron chi connectivity index (χ2n) is 5.70. The highest BCUT2D eigenvalue weighted by Gasteiger charge is 2.11. The number of methoxy groups -OCH3 is 1. The molecule has 1 atom stereocenters. The number of aliphatic hydroxyl groups excluding tert-OH is 1. The van der Waals surface area contributed by atoms with Crippen molar-refractivity contribution in [2.24, 2.45) is 0 Å². The summed E-state index contributed by atoms with van der Waals surface area (Å²) in [6, 6.07) is 7.17. The standard InChI is InChI=1S/C18H28N2O5/c1-4-17(22)20(2)10-9-19-12-15(21)13-25-16-8-6-5-7-14(16)11-18(23)24-3/h5-8,15,19,21H,4,9-13H2,1-3H3. The first kappa shape index (κ1) is 20.9. The van der Waals surface area contributed by atoms with E-state index in [1.54, 1.807) is 30.1 Å². The van der Waals surface area contributed by atoms with E-state index in [0.29, 0.717) is 37.4 Å². The Hall–Kier alpha value is -2.12. The van der Waals surface area contributed by atoms with Gasteiger partial charge in [0.25, 0.3) is 0 Å². The van der Waals surface area contributed by atoms with Crippen LogP contribution in [0.1, 0.15) is 18.9 Å². The van der Waals surface area contributed by atoms with Gasteiger partial charge in [0.05, 0.1) is 13.5 Å². The molecule has 140 valence electrons. The molecule has 0 aliphatic heterocycles. The first-order chi connectivity index (χ1) is 12.0. The van der Waals surface area contributed by atoms with E-state index in [1.807, 2.05) is 13.0 Å². The maximum Gasteiger partial charge on any atom is 0.310 e. The molecule has 0 fully saturated rings. The van der Waals surface area contributed by atoms with E-state index in [2.05, 4.69) is 10.1 Å². The summed E-state index contributed by atoms with van der Waals surface area (Å²) < 4.78 is 10.3. The van der Waals surface area contributed by atoms with Gasteiger partial charge in [-0.15, -0.1) is 0 Å². The molecule has 7 nitrogen and oxygen atoms in total. The van der Waals surface area contributed by atoms with E-state index >= 15 is 0 Å². The average Bonchev–Trinajstić information content (AvgIpc) is 2.63. The molecule has 0 bridgehead atoms. The molecular weight excluding hydrogens is 324 g/mol. The maximum absolute atomic E-state index is 11.4. The van der Waals surface area contributed by atoms with Crippen LogP contribution in [0.4, 0.5) is 0 Å². The molecule has 0 aromatic heterocycles. The molecule has 1 unspecified atom stereocenters. The number of rotatable bonds is 11. The summed E-state index contributed by atoms with van der Waals surface area (Å²) in [6.07, 6.45) is -0.0881. The number of hydrogen-bond donors (Lipinski definition) is 2. The number of benzene rings is 1. The second-order valence-corrected chi connectivity index (χ2v) is 5.70. The number of esters is 1. The zero-order valence-electron chi connectivity index (χ0n) is 15.2. The summed E-state index contributed by atoms with van der Waals surface area (Å²) in [7, 11) is 3.10. The largest absolute Gasteiger partial charge is 0.491 e. The molecule has 25 heavy (non-hydrogen) atoms. The van der Waals surface area contributed by atoms with Crippen LogP contribution in [0.15, 0.2) is 24.3 Å². The van der Waals surface area contributed by atoms with Crippen molar-refractivity contribution in [3.8, 4) is 5.75 Å². The van der Waals surface area contributed by atoms with Crippen molar-refractivity contribution in [2.45, 2.75) is 25.9 Å². The third kappa shape index (κ3) is 8.00. The van der Waals surface area contributed by atoms with E-state index in [4.69, 9.17) is 4.74 Å². The zero-order chi connectivity index (χ0) is 18.7. The number of para-hydroxylation sites is 1. The van der Waals surface area contributed by atoms with Gasteiger partial charge in [0.1, 0.15) is 18.5 Å². The van der Waals surface area contributed by atoms with Crippen LogP contribution in [-0.2, 0) is 20.7 Å². The number of nitrogens with zero attached hydrogens (tertiary/aromatic N) is 1. The lowest BCUT2D eigenvalue weighted by Gasteiger charge is -2.18. The molecule has 1 aromatic carbocycles. The Morgan fingerprint density at radius 3 is 2.72 bits per heavy atom. The minimum Gasteiger partial charge on any atom is -0.491 e. The molecule has 7 heteroatoms. The molecular formula is C18H28N2O5. The monoisotopic (exact) mass is 352 g/mol. The van der Waals surface area contributed by atoms with Gasteiger partial charge in [-0.3, -0.25) is 9.59 Å². The molecule has 0 aliphatic rings. The summed E-state index contributed by atoms with van der Waals surface area (Å²) in [5, 5.41) is 13.1. The quantitative estimate of drug-likeness (QED) is 0.448. The fourth-order valence-corrected chi connectivity index (χ4v) is 2.17. The van der Waals surface area contributed by atoms with Gasteiger partial charge in [-0.1, -0.05) is 25.1 Å². The average molecular weight is 352 g/mol. The van der Waals surface area contributed by atoms with Crippen molar-refractivity contribution in [3.05, 3.63) is 29.8 Å². The number of aliphatic hydroxyl groups is 1. The molecule has 0 heterocycles. The van der Waals surface area contributed by atoms with Gasteiger partial charge in [0.15, 0.2) is 0 Å². The summed E-state index contributed by atoms with van der Waals surface area (Å²) in [5.41, 5.74) is 0.717. The first-order valence-corrected chi connectivity index (χ1v) is 8.38. The van der Waals surface area contributed by atoms with E-state index in [-0.39, 0.29) is 24.9 Å². The molecule has 0 saturated heterocycles. The fourth-order valence-electron chi connectivity index (χ4n) is 2.17. The van der Waals surface area contributed by atoms with Crippen LogP contribution in [0.5, 0.6) is 5.75 Å². The van der Waals surface area contributed by atoms with E-state index in [1.165, 1.54) is 7.11 Å². The number of likely N-dealkylation sites (N-methyl/N-ethyl adjacent to an activating group) is 1. The Kier molecular flexibility index (Phi) is 9.57. The number of nitrogens with one attached hydrogen (secondary N) is 1. The second kappa shape index (κ2) is 11.4. The number of carbonyl (C=O) groups is 2. The Labute approximate surface area is 148 Å². The van der Waals surface area contributed by atoms with Gasteiger partial charge in [0, 0.05) is 38.7 Å². The predicted molar refractivity (Wildman–Crippen MR) is 94.5 cm³/mol. The molecule has 0 aliphatic carbocycles. The molecule has 1 aromatic rings. The first-order valence-electron chi connectivity index (χ1n) is 8.38. The summed E-state index contributed by atoms with van der Waals surface area (Å²) in [6.45, 7) is 3.47. The van der Waals surface area contributed by atoms with Crippen molar-refractivity contribution in [1.82, 2.24) is 10.2 Å². The van der Waals surface area contributed by atoms with Crippen LogP contribution in [0.2, 0.25) is 0 Å². The van der Waals surface area contributed by atoms with Gasteiger partial charge in [-0.2, -0.15) is 0 Å². The van der Waals surface area contributed by atoms with Gasteiger partial charge in [-0.25, -0.2) is 0 Å². The Morgan fingerprint density at radius 1 is 1.32 bits per heavy atom. The molecule has 0 saturated carbocycles. The lowest BCUT2D eigenvalue weighted by molar-refractivity contribution is -0.139. The van der Waals surface area contributed by atoms with Crippen molar-refractivity contribution in [3.63, 3.8) is 0 Å². The Balaban J connectivity index is 2.33. The fraction of sp³-hybridized carbons (Fsp3) is 0.556. The summed E-state index contributed by atoms with van der Waals surface area (Å²) in [5.74, 6) is 0.303. The van der Waals surface area contributed by atoms with Crippen LogP contribution < -0.4 is 10.1 Å². The third-order valence-corrected chi connectivity index (χ3v) is 3.70. The van der Waals surface area contributed by atoms with E-state index in [9.17, 15) is 14.7 Å². The van der Waals surface area contributed by atoms with E-state index in [0.717, 1.165) is 0 Å². The maximum atomic E-state index is 11.4. The molecule has 1 amide bonds. The summed E-state index contributed by atoms with van der Waals surface area (Å²) >= 11 is 0. The van der Waals surface area contributed by atoms with Crippen LogP contribution >= 0.6 is 0 Å². The van der Waals surface area contributed by atoms with Crippen molar-refractivity contribution < 1.29 is 24.2 Å². The van der Waals surface area contributed by atoms with Crippen molar-refractivity contribution >= 4 is 11.9 Å². The van der Waals surface area contributed by atoms with Crippen molar-refractivity contribution in [1.29, 1.82) is 0 Å². The molecule has 0 spiro atoms. The number of carbonyl (C=O) groups excluding carboxylic acids is 2. The topological polar surface area (TPSA) is 88.1 Å². The van der Waals surface area contributed by atoms with Crippen LogP contribution in [0.25, 0.3) is 0 Å². The summed E-state index contributed by atoms with van der Waals surface area (Å²) in [4.78, 5) is 24.5. The highest BCUT2D eigenvalue weighted by atomic mass is 16.5. The molecule has 0 radical (unpaired) electrons. The number of hydrogen-bond acceptors (Lipinski definition) is 6. The van der Waals surface area contributed by atoms with E-state index < -0.39 is 6.10 Å². The smallest absolute Gasteiger partial charge is 0.310 e. The van der Waals surface area contributed by atoms with Gasteiger partial charge in [0.2, 0.25) is 5.91 Å². The SMILES string of the molecule is CCC(=O)N(C)CCNCC(O)COc1ccccc1CC(=O)OC. The minimum absolute atomic E-state index is 0.0906. The lowest BCUT2D eigenvalue weighted by atomic mass is 10.1. The Bertz CT molecular complexity index is 550. The molecule has 1 rings (SSSR count). The van der Waals surface area contributed by atoms with Crippen molar-refractivity contribution in [2.75, 3.05) is 40.4 Å². The highest BCUT2D eigenvalue weighted by Crippen LogP contribution is 2.19. The number of ether oxygens (including phenoxy) is 2. The zero-order valence-corrected chi connectivity index (χ0v) is 15.2. The normalized spacial score (nSPS) is 11.7. The molecule has 2 N–H and O–H groups in total. The van der Waals surface area contributed by atoms with Crippen LogP contribution in [0, 0.1) is 0 Å². The van der Waals surface area contributed by atoms with Crippen LogP contribution in [0.3, 0.4) is 0 Å². The predicted octanol–water partition coefficient (Wildman–Crippen LogP) is 0.600. The highest BCUT2D eigenvalue weighted by molar-refractivity contribution is 5.75. The Morgan fingerprint density at radius 2 is 2.04 bits per heavy atom. The van der Waals surface area contributed by atoms with Crippen LogP contribution in [-0.4, -0.2) is 68.4 Å². The van der Waals surface area contributed by atoms with Gasteiger partial charge >= 0.3 is 5.97 Å². The lowest BCUT2D eigenvalue weighted by Crippen LogP contribution is -2.37. The van der Waals surface area contributed by atoms with Gasteiger partial charge in [-0.05, 0) is 6.07 Å². The third-order valence-electron chi connectivity index (χ3n) is 3.70. The van der Waals surface area contributed by atoms with Gasteiger partial charge < -0.3 is 24.8 Å². The number of amides is 1. The minimum atomic E-state index is -0.696.